The molecule has 1 aliphatic rings. The molecule has 4 rings (SSSR count). The quantitative estimate of drug-likeness (QED) is 0.779. The number of fused-ring (bicyclic) bond motifs is 1. The third kappa shape index (κ3) is 2.32. The highest BCUT2D eigenvalue weighted by atomic mass is 16.5. The number of aromatic nitrogens is 3. The normalized spacial score (nSPS) is 18.1. The van der Waals surface area contributed by atoms with Crippen LogP contribution in [-0.4, -0.2) is 27.2 Å². The second kappa shape index (κ2) is 5.42. The van der Waals surface area contributed by atoms with Gasteiger partial charge in [-0.2, -0.15) is 0 Å². The van der Waals surface area contributed by atoms with E-state index in [1.54, 1.807) is 0 Å². The Morgan fingerprint density at radius 2 is 2.17 bits per heavy atom. The van der Waals surface area contributed by atoms with Crippen molar-refractivity contribution >= 4 is 16.9 Å². The number of para-hydroxylation sites is 2. The first-order valence-corrected chi connectivity index (χ1v) is 8.17. The van der Waals surface area contributed by atoms with Gasteiger partial charge in [-0.05, 0) is 44.4 Å². The molecule has 5 nitrogen and oxygen atoms in total. The Morgan fingerprint density at radius 1 is 1.35 bits per heavy atom. The molecule has 1 aromatic carbocycles. The van der Waals surface area contributed by atoms with Crippen LogP contribution in [0.3, 0.4) is 0 Å². The van der Waals surface area contributed by atoms with Gasteiger partial charge in [0.1, 0.15) is 11.6 Å². The van der Waals surface area contributed by atoms with Crippen molar-refractivity contribution in [2.24, 2.45) is 0 Å². The van der Waals surface area contributed by atoms with E-state index in [1.165, 1.54) is 11.3 Å². The number of ether oxygens (including phenoxy) is 1. The Labute approximate surface area is 135 Å². The van der Waals surface area contributed by atoms with Crippen LogP contribution in [0.4, 0.5) is 5.82 Å². The smallest absolute Gasteiger partial charge is 0.142 e. The monoisotopic (exact) mass is 310 g/mol. The van der Waals surface area contributed by atoms with E-state index in [4.69, 9.17) is 15.5 Å². The predicted octanol–water partition coefficient (Wildman–Crippen LogP) is 3.41. The highest BCUT2D eigenvalue weighted by molar-refractivity contribution is 5.83. The molecule has 0 aliphatic carbocycles. The Bertz CT molecular complexity index is 822. The summed E-state index contributed by atoms with van der Waals surface area (Å²) in [6, 6.07) is 8.05. The van der Waals surface area contributed by atoms with Crippen molar-refractivity contribution in [1.82, 2.24) is 14.5 Å². The van der Waals surface area contributed by atoms with Gasteiger partial charge in [0, 0.05) is 12.3 Å². The number of nitrogens with zero attached hydrogens (tertiary/aromatic N) is 2. The van der Waals surface area contributed by atoms with Gasteiger partial charge in [0.25, 0.3) is 0 Å². The summed E-state index contributed by atoms with van der Waals surface area (Å²) in [5.74, 6) is 1.62. The molecule has 1 aliphatic heterocycles. The molecule has 2 aromatic heterocycles. The minimum Gasteiger partial charge on any atom is -0.384 e. The van der Waals surface area contributed by atoms with Crippen LogP contribution in [0, 0.1) is 13.8 Å². The van der Waals surface area contributed by atoms with Gasteiger partial charge in [-0.25, -0.2) is 4.98 Å². The van der Waals surface area contributed by atoms with E-state index in [0.29, 0.717) is 0 Å². The Kier molecular flexibility index (Phi) is 3.38. The van der Waals surface area contributed by atoms with Gasteiger partial charge in [0.05, 0.1) is 29.2 Å². The first-order valence-electron chi connectivity index (χ1n) is 8.17. The summed E-state index contributed by atoms with van der Waals surface area (Å²) in [5, 5.41) is 0. The first kappa shape index (κ1) is 14.3. The molecule has 1 saturated heterocycles. The van der Waals surface area contributed by atoms with Gasteiger partial charge < -0.3 is 20.0 Å². The van der Waals surface area contributed by atoms with Crippen LogP contribution in [0.15, 0.2) is 24.3 Å². The molecule has 3 N–H and O–H groups in total. The van der Waals surface area contributed by atoms with Crippen molar-refractivity contribution in [3.63, 3.8) is 0 Å². The summed E-state index contributed by atoms with van der Waals surface area (Å²) in [6.07, 6.45) is 2.52. The predicted molar refractivity (Wildman–Crippen MR) is 92.4 cm³/mol. The third-order valence-electron chi connectivity index (χ3n) is 4.91. The minimum atomic E-state index is 0.270. The fraction of sp³-hybridized carbons (Fsp3) is 0.389. The first-order chi connectivity index (χ1) is 11.1. The van der Waals surface area contributed by atoms with Crippen molar-refractivity contribution in [3.8, 4) is 11.4 Å². The fourth-order valence-electron chi connectivity index (χ4n) is 3.49. The van der Waals surface area contributed by atoms with Crippen molar-refractivity contribution < 1.29 is 4.74 Å². The zero-order valence-corrected chi connectivity index (χ0v) is 13.6. The lowest BCUT2D eigenvalue weighted by Crippen LogP contribution is -2.17. The number of H-pyrrole nitrogens is 1. The summed E-state index contributed by atoms with van der Waals surface area (Å²) in [4.78, 5) is 8.10. The molecule has 120 valence electrons. The van der Waals surface area contributed by atoms with Crippen LogP contribution < -0.4 is 5.73 Å². The topological polar surface area (TPSA) is 68.9 Å². The van der Waals surface area contributed by atoms with Crippen molar-refractivity contribution in [3.05, 3.63) is 35.5 Å². The highest BCUT2D eigenvalue weighted by Gasteiger charge is 2.23. The second-order valence-corrected chi connectivity index (χ2v) is 6.32. The molecule has 3 aromatic rings. The third-order valence-corrected chi connectivity index (χ3v) is 4.91. The zero-order chi connectivity index (χ0) is 16.0. The summed E-state index contributed by atoms with van der Waals surface area (Å²) in [7, 11) is 0. The zero-order valence-electron chi connectivity index (χ0n) is 13.6. The van der Waals surface area contributed by atoms with Crippen LogP contribution >= 0.6 is 0 Å². The van der Waals surface area contributed by atoms with Crippen molar-refractivity contribution in [2.45, 2.75) is 39.3 Å². The van der Waals surface area contributed by atoms with Crippen LogP contribution in [0.25, 0.3) is 22.4 Å². The number of aromatic amines is 1. The average Bonchev–Trinajstić information content (AvgIpc) is 3.24. The molecule has 0 unspecified atom stereocenters. The van der Waals surface area contributed by atoms with Crippen LogP contribution in [0.1, 0.15) is 24.1 Å². The van der Waals surface area contributed by atoms with Gasteiger partial charge in [0.2, 0.25) is 0 Å². The van der Waals surface area contributed by atoms with Crippen LogP contribution in [0.2, 0.25) is 0 Å². The minimum absolute atomic E-state index is 0.270. The summed E-state index contributed by atoms with van der Waals surface area (Å²) >= 11 is 0. The Morgan fingerprint density at radius 3 is 2.91 bits per heavy atom. The lowest BCUT2D eigenvalue weighted by molar-refractivity contribution is 0.0971. The number of nitrogens with one attached hydrogen (secondary N) is 1. The number of nitrogen functional groups attached to an aromatic ring is 1. The van der Waals surface area contributed by atoms with Gasteiger partial charge >= 0.3 is 0 Å². The Balaban J connectivity index is 1.78. The van der Waals surface area contributed by atoms with E-state index < -0.39 is 0 Å². The molecule has 0 bridgehead atoms. The lowest BCUT2D eigenvalue weighted by atomic mass is 10.1. The van der Waals surface area contributed by atoms with E-state index in [2.05, 4.69) is 23.4 Å². The molecular weight excluding hydrogens is 288 g/mol. The van der Waals surface area contributed by atoms with Crippen molar-refractivity contribution in [1.29, 1.82) is 0 Å². The van der Waals surface area contributed by atoms with E-state index in [-0.39, 0.29) is 6.10 Å². The molecule has 0 radical (unpaired) electrons. The van der Waals surface area contributed by atoms with E-state index in [1.807, 2.05) is 24.3 Å². The van der Waals surface area contributed by atoms with Crippen molar-refractivity contribution in [2.75, 3.05) is 12.3 Å². The SMILES string of the molecule is Cc1c(-c2nc3ccccc3[nH]2)c(N)n(C[C@H]2CCCO2)c1C. The van der Waals surface area contributed by atoms with Gasteiger partial charge in [-0.15, -0.1) is 0 Å². The summed E-state index contributed by atoms with van der Waals surface area (Å²) < 4.78 is 7.94. The fourth-order valence-corrected chi connectivity index (χ4v) is 3.49. The second-order valence-electron chi connectivity index (χ2n) is 6.32. The van der Waals surface area contributed by atoms with Gasteiger partial charge in [0.15, 0.2) is 0 Å². The van der Waals surface area contributed by atoms with E-state index >= 15 is 0 Å². The molecule has 1 atom stereocenters. The molecule has 3 heterocycles. The number of rotatable bonds is 3. The maximum Gasteiger partial charge on any atom is 0.142 e. The van der Waals surface area contributed by atoms with Gasteiger partial charge in [-0.3, -0.25) is 0 Å². The number of hydrogen-bond donors (Lipinski definition) is 2. The number of anilines is 1. The molecular formula is C18H22N4O. The average molecular weight is 310 g/mol. The lowest BCUT2D eigenvalue weighted by Gasteiger charge is -2.14. The maximum atomic E-state index is 6.48. The molecule has 0 amide bonds. The molecule has 0 spiro atoms. The maximum absolute atomic E-state index is 6.48. The standard InChI is InChI=1S/C18H22N4O/c1-11-12(2)22(10-13-6-5-9-23-13)17(19)16(11)18-20-14-7-3-4-8-15(14)21-18/h3-4,7-8,13H,5-6,9-10,19H2,1-2H3,(H,20,21)/t13-/m1/s1. The number of hydrogen-bond acceptors (Lipinski definition) is 3. The number of nitrogens with two attached hydrogens (primary N) is 1. The molecule has 5 heteroatoms. The summed E-state index contributed by atoms with van der Waals surface area (Å²) in [6.45, 7) is 5.91. The van der Waals surface area contributed by atoms with E-state index in [9.17, 15) is 0 Å². The van der Waals surface area contributed by atoms with Crippen LogP contribution in [0.5, 0.6) is 0 Å². The molecule has 23 heavy (non-hydrogen) atoms. The molecule has 1 fully saturated rings. The van der Waals surface area contributed by atoms with Crippen LogP contribution in [-0.2, 0) is 11.3 Å². The summed E-state index contributed by atoms with van der Waals surface area (Å²) in [5.41, 5.74) is 11.9. The Hall–Kier alpha value is -2.27. The van der Waals surface area contributed by atoms with E-state index in [0.717, 1.165) is 54.2 Å². The van der Waals surface area contributed by atoms with Gasteiger partial charge in [-0.1, -0.05) is 12.1 Å². The number of benzene rings is 1. The highest BCUT2D eigenvalue weighted by Crippen LogP contribution is 2.34. The number of imidazole rings is 1. The molecule has 0 saturated carbocycles. The largest absolute Gasteiger partial charge is 0.384 e.